The molecule has 1 aliphatic carbocycles. The Morgan fingerprint density at radius 2 is 1.21 bits per heavy atom. The molecule has 0 bridgehead atoms. The van der Waals surface area contributed by atoms with Gasteiger partial charge in [0.2, 0.25) is 0 Å². The van der Waals surface area contributed by atoms with Gasteiger partial charge in [-0.15, -0.1) is 0 Å². The van der Waals surface area contributed by atoms with E-state index in [2.05, 4.69) is 81.5 Å². The van der Waals surface area contributed by atoms with E-state index >= 15 is 0 Å². The van der Waals surface area contributed by atoms with E-state index in [0.29, 0.717) is 34.5 Å². The van der Waals surface area contributed by atoms with Crippen molar-refractivity contribution in [3.63, 3.8) is 0 Å². The van der Waals surface area contributed by atoms with E-state index < -0.39 is 0 Å². The van der Waals surface area contributed by atoms with E-state index in [4.69, 9.17) is 4.74 Å². The molecule has 4 nitrogen and oxygen atoms in total. The molecule has 0 atom stereocenters. The molecular weight excluding hydrogens is 659 g/mol. The highest BCUT2D eigenvalue weighted by Gasteiger charge is 2.33. The molecule has 5 aromatic rings. The summed E-state index contributed by atoms with van der Waals surface area (Å²) in [5.41, 5.74) is 7.16. The number of benzene rings is 5. The molecule has 0 saturated carbocycles. The second-order valence-electron chi connectivity index (χ2n) is 14.9. The van der Waals surface area contributed by atoms with Crippen molar-refractivity contribution in [2.45, 2.75) is 107 Å². The summed E-state index contributed by atoms with van der Waals surface area (Å²) in [6.45, 7) is 9.38. The first-order chi connectivity index (χ1) is 25.2. The lowest BCUT2D eigenvalue weighted by atomic mass is 9.83. The van der Waals surface area contributed by atoms with E-state index in [-0.39, 0.29) is 17.0 Å². The molecule has 0 fully saturated rings. The Bertz CT molecular complexity index is 1970. The summed E-state index contributed by atoms with van der Waals surface area (Å²) in [4.78, 5) is 29.8. The second-order valence-corrected chi connectivity index (χ2v) is 16.0. The highest BCUT2D eigenvalue weighted by atomic mass is 32.2. The molecule has 0 saturated heterocycles. The fourth-order valence-corrected chi connectivity index (χ4v) is 7.75. The molecule has 6 rings (SSSR count). The number of unbranched alkanes of at least 4 members (excludes halogenated alkanes) is 7. The van der Waals surface area contributed by atoms with Gasteiger partial charge in [0.05, 0.1) is 11.3 Å². The minimum atomic E-state index is -0.138. The van der Waals surface area contributed by atoms with E-state index in [1.165, 1.54) is 74.3 Å². The van der Waals surface area contributed by atoms with Crippen LogP contribution in [0.15, 0.2) is 119 Å². The average molecular weight is 710 g/mol. The Hall–Kier alpha value is -4.61. The van der Waals surface area contributed by atoms with Crippen LogP contribution in [0.2, 0.25) is 0 Å². The number of fused-ring (bicyclic) bond motifs is 2. The maximum absolute atomic E-state index is 14.1. The maximum Gasteiger partial charge on any atom is 0.196 e. The molecule has 1 aliphatic rings. The summed E-state index contributed by atoms with van der Waals surface area (Å²) in [6, 6.07) is 36.0. The van der Waals surface area contributed by atoms with Gasteiger partial charge in [0.1, 0.15) is 12.4 Å². The summed E-state index contributed by atoms with van der Waals surface area (Å²) in [5, 5.41) is 3.44. The van der Waals surface area contributed by atoms with Crippen LogP contribution < -0.4 is 10.1 Å². The van der Waals surface area contributed by atoms with Gasteiger partial charge in [-0.3, -0.25) is 9.59 Å². The number of aryl methyl sites for hydroxylation is 1. The highest BCUT2D eigenvalue weighted by molar-refractivity contribution is 7.99. The number of nitrogens with one attached hydrogen (secondary N) is 1. The predicted octanol–water partition coefficient (Wildman–Crippen LogP) is 12.9. The van der Waals surface area contributed by atoms with Gasteiger partial charge in [-0.05, 0) is 83.5 Å². The molecule has 0 heterocycles. The lowest BCUT2D eigenvalue weighted by Gasteiger charge is -2.22. The third-order valence-corrected chi connectivity index (χ3v) is 10.9. The Morgan fingerprint density at radius 1 is 0.615 bits per heavy atom. The molecule has 1 N–H and O–H groups in total. The van der Waals surface area contributed by atoms with Crippen LogP contribution in [0.3, 0.4) is 0 Å². The third kappa shape index (κ3) is 9.24. The van der Waals surface area contributed by atoms with Crippen molar-refractivity contribution in [1.29, 1.82) is 0 Å². The quantitative estimate of drug-likeness (QED) is 0.101. The van der Waals surface area contributed by atoms with Crippen LogP contribution in [0.4, 0.5) is 11.4 Å². The van der Waals surface area contributed by atoms with Crippen LogP contribution in [0, 0.1) is 0 Å². The highest BCUT2D eigenvalue weighted by Crippen LogP contribution is 2.40. The van der Waals surface area contributed by atoms with Gasteiger partial charge >= 0.3 is 0 Å². The molecule has 0 radical (unpaired) electrons. The smallest absolute Gasteiger partial charge is 0.196 e. The van der Waals surface area contributed by atoms with E-state index in [0.717, 1.165) is 33.2 Å². The van der Waals surface area contributed by atoms with Crippen LogP contribution in [-0.4, -0.2) is 11.6 Å². The van der Waals surface area contributed by atoms with Crippen molar-refractivity contribution in [3.05, 3.63) is 148 Å². The van der Waals surface area contributed by atoms with Crippen molar-refractivity contribution in [3.8, 4) is 5.75 Å². The first-order valence-electron chi connectivity index (χ1n) is 18.9. The molecule has 52 heavy (non-hydrogen) atoms. The van der Waals surface area contributed by atoms with E-state index in [1.807, 2.05) is 48.5 Å². The molecule has 0 aliphatic heterocycles. The van der Waals surface area contributed by atoms with Crippen LogP contribution in [0.1, 0.15) is 128 Å². The van der Waals surface area contributed by atoms with Gasteiger partial charge in [0.15, 0.2) is 11.6 Å². The molecule has 0 amide bonds. The number of carbonyl (C=O) groups excluding carboxylic acids is 2. The Labute approximate surface area is 314 Å². The number of carbonyl (C=O) groups is 2. The largest absolute Gasteiger partial charge is 0.489 e. The first kappa shape index (κ1) is 37.2. The Morgan fingerprint density at radius 3 is 1.88 bits per heavy atom. The summed E-state index contributed by atoms with van der Waals surface area (Å²) in [6.07, 6.45) is 11.6. The summed E-state index contributed by atoms with van der Waals surface area (Å²) < 4.78 is 6.07. The number of ketones is 2. The number of hydrogen-bond acceptors (Lipinski definition) is 5. The van der Waals surface area contributed by atoms with Crippen LogP contribution >= 0.6 is 11.8 Å². The number of rotatable bonds is 16. The summed E-state index contributed by atoms with van der Waals surface area (Å²) in [5.74, 6) is 0.507. The maximum atomic E-state index is 14.1. The first-order valence-corrected chi connectivity index (χ1v) is 19.7. The molecule has 5 heteroatoms. The van der Waals surface area contributed by atoms with Gasteiger partial charge < -0.3 is 10.1 Å². The topological polar surface area (TPSA) is 55.4 Å². The van der Waals surface area contributed by atoms with Gasteiger partial charge in [-0.25, -0.2) is 0 Å². The zero-order valence-electron chi connectivity index (χ0n) is 31.1. The molecule has 0 aromatic heterocycles. The molecule has 0 unspecified atom stereocenters. The average Bonchev–Trinajstić information content (AvgIpc) is 3.15. The van der Waals surface area contributed by atoms with Crippen LogP contribution in [0.5, 0.6) is 5.75 Å². The molecule has 0 spiro atoms. The zero-order chi connectivity index (χ0) is 36.5. The molecule has 268 valence electrons. The van der Waals surface area contributed by atoms with E-state index in [1.54, 1.807) is 12.1 Å². The third-order valence-electron chi connectivity index (χ3n) is 9.86. The fraction of sp³-hybridized carbons (Fsp3) is 0.319. The Kier molecular flexibility index (Phi) is 12.3. The number of hydrogen-bond donors (Lipinski definition) is 1. The normalized spacial score (nSPS) is 12.4. The predicted molar refractivity (Wildman–Crippen MR) is 216 cm³/mol. The molecule has 5 aromatic carbocycles. The van der Waals surface area contributed by atoms with Gasteiger partial charge in [-0.1, -0.05) is 145 Å². The monoisotopic (exact) mass is 709 g/mol. The Balaban J connectivity index is 1.08. The van der Waals surface area contributed by atoms with E-state index in [9.17, 15) is 9.59 Å². The lowest BCUT2D eigenvalue weighted by molar-refractivity contribution is 0.0977. The van der Waals surface area contributed by atoms with Crippen molar-refractivity contribution < 1.29 is 14.3 Å². The van der Waals surface area contributed by atoms with Crippen molar-refractivity contribution >= 4 is 34.7 Å². The zero-order valence-corrected chi connectivity index (χ0v) is 31.9. The van der Waals surface area contributed by atoms with Crippen LogP contribution in [-0.2, 0) is 18.4 Å². The summed E-state index contributed by atoms with van der Waals surface area (Å²) >= 11 is 1.49. The summed E-state index contributed by atoms with van der Waals surface area (Å²) in [7, 11) is 0. The second kappa shape index (κ2) is 17.3. The lowest BCUT2D eigenvalue weighted by Crippen LogP contribution is -2.23. The minimum Gasteiger partial charge on any atom is -0.489 e. The standard InChI is InChI=1S/C47H51NO3S/c1-5-6-7-8-9-10-11-12-15-33-22-26-36(27-23-33)48-41-18-13-16-39-43(41)45(49)40-17-14-19-42(44(40)46(39)50)52-38-30-28-37(29-31-38)51-32-34-20-24-35(25-21-34)47(2,3)4/h13-14,16-31,48H,5-12,15,32H2,1-4H3. The van der Waals surface area contributed by atoms with Crippen molar-refractivity contribution in [2.75, 3.05) is 5.32 Å². The van der Waals surface area contributed by atoms with Crippen molar-refractivity contribution in [1.82, 2.24) is 0 Å². The fourth-order valence-electron chi connectivity index (χ4n) is 6.77. The van der Waals surface area contributed by atoms with Crippen molar-refractivity contribution in [2.24, 2.45) is 0 Å². The molecular formula is C47H51NO3S. The minimum absolute atomic E-state index is 0.117. The number of anilines is 2. The van der Waals surface area contributed by atoms with Crippen LogP contribution in [0.25, 0.3) is 0 Å². The van der Waals surface area contributed by atoms with Gasteiger partial charge in [0, 0.05) is 32.2 Å². The van der Waals surface area contributed by atoms with Gasteiger partial charge in [-0.2, -0.15) is 0 Å². The van der Waals surface area contributed by atoms with Gasteiger partial charge in [0.25, 0.3) is 0 Å². The SMILES string of the molecule is CCCCCCCCCCc1ccc(Nc2cccc3c2C(=O)c2cccc(Sc4ccc(OCc5ccc(C(C)(C)C)cc5)cc4)c2C3=O)cc1. The number of ether oxygens (including phenoxy) is 1.